The quantitative estimate of drug-likeness (QED) is 0.653. The van der Waals surface area contributed by atoms with Crippen LogP contribution in [0, 0.1) is 21.4 Å². The number of nitrogens with one attached hydrogen (secondary N) is 1. The van der Waals surface area contributed by atoms with Gasteiger partial charge < -0.3 is 14.8 Å². The molecule has 138 valence electrons. The predicted molar refractivity (Wildman–Crippen MR) is 95.4 cm³/mol. The van der Waals surface area contributed by atoms with E-state index >= 15 is 0 Å². The molecule has 0 amide bonds. The summed E-state index contributed by atoms with van der Waals surface area (Å²) < 4.78 is 10.9. The van der Waals surface area contributed by atoms with Crippen molar-refractivity contribution in [2.75, 3.05) is 6.79 Å². The van der Waals surface area contributed by atoms with Crippen molar-refractivity contribution in [3.63, 3.8) is 0 Å². The summed E-state index contributed by atoms with van der Waals surface area (Å²) in [5.41, 5.74) is 1.96. The zero-order chi connectivity index (χ0) is 18.0. The fourth-order valence-electron chi connectivity index (χ4n) is 4.17. The van der Waals surface area contributed by atoms with Crippen LogP contribution in [0.1, 0.15) is 57.6 Å². The first-order valence-corrected chi connectivity index (χ1v) is 9.10. The standard InChI is InChI=1S/C19H28N2O4/c1-19(2,3)16-6-4-5-7-17(16)20-10-13-8-15(21(22)23)9-14-11-24-12-25-18(13)14/h8-9,16-17,20H,4-7,10-12H2,1-3H3. The lowest BCUT2D eigenvalue weighted by atomic mass is 9.69. The summed E-state index contributed by atoms with van der Waals surface area (Å²) in [6.45, 7) is 8.04. The van der Waals surface area contributed by atoms with E-state index in [1.807, 2.05) is 0 Å². The Morgan fingerprint density at radius 1 is 1.28 bits per heavy atom. The fourth-order valence-corrected chi connectivity index (χ4v) is 4.17. The van der Waals surface area contributed by atoms with Gasteiger partial charge in [-0.2, -0.15) is 0 Å². The number of nitro benzene ring substituents is 1. The molecule has 1 aromatic carbocycles. The highest BCUT2D eigenvalue weighted by atomic mass is 16.7. The van der Waals surface area contributed by atoms with Crippen molar-refractivity contribution < 1.29 is 14.4 Å². The summed E-state index contributed by atoms with van der Waals surface area (Å²) in [6, 6.07) is 3.62. The number of nitro groups is 1. The van der Waals surface area contributed by atoms with E-state index in [9.17, 15) is 10.1 Å². The molecule has 0 radical (unpaired) electrons. The monoisotopic (exact) mass is 348 g/mol. The molecule has 0 spiro atoms. The minimum atomic E-state index is -0.350. The van der Waals surface area contributed by atoms with Crippen LogP contribution in [0.5, 0.6) is 5.75 Å². The molecular formula is C19H28N2O4. The van der Waals surface area contributed by atoms with Crippen LogP contribution in [0.3, 0.4) is 0 Å². The van der Waals surface area contributed by atoms with Gasteiger partial charge in [0.2, 0.25) is 0 Å². The van der Waals surface area contributed by atoms with E-state index in [4.69, 9.17) is 9.47 Å². The van der Waals surface area contributed by atoms with Crippen molar-refractivity contribution in [2.24, 2.45) is 11.3 Å². The molecule has 1 fully saturated rings. The predicted octanol–water partition coefficient (Wildman–Crippen LogP) is 4.16. The Labute approximate surface area is 149 Å². The Morgan fingerprint density at radius 2 is 2.04 bits per heavy atom. The van der Waals surface area contributed by atoms with Crippen LogP contribution >= 0.6 is 0 Å². The van der Waals surface area contributed by atoms with Crippen LogP contribution in [0.15, 0.2) is 12.1 Å². The number of nitrogens with zero attached hydrogens (tertiary/aromatic N) is 1. The molecule has 0 bridgehead atoms. The van der Waals surface area contributed by atoms with Gasteiger partial charge in [-0.1, -0.05) is 33.6 Å². The third kappa shape index (κ3) is 4.12. The number of non-ortho nitro benzene ring substituents is 1. The van der Waals surface area contributed by atoms with E-state index in [0.717, 1.165) is 23.3 Å². The first-order chi connectivity index (χ1) is 11.9. The largest absolute Gasteiger partial charge is 0.467 e. The molecule has 2 unspecified atom stereocenters. The zero-order valence-corrected chi connectivity index (χ0v) is 15.3. The van der Waals surface area contributed by atoms with Crippen molar-refractivity contribution in [2.45, 2.75) is 65.6 Å². The average molecular weight is 348 g/mol. The molecule has 0 aromatic heterocycles. The summed E-state index contributed by atoms with van der Waals surface area (Å²) in [4.78, 5) is 10.9. The lowest BCUT2D eigenvalue weighted by Crippen LogP contribution is -2.44. The second-order valence-corrected chi connectivity index (χ2v) is 8.21. The summed E-state index contributed by atoms with van der Waals surface area (Å²) in [6.07, 6.45) is 4.91. The number of rotatable bonds is 4. The van der Waals surface area contributed by atoms with Gasteiger partial charge in [0.1, 0.15) is 5.75 Å². The van der Waals surface area contributed by atoms with Crippen molar-refractivity contribution in [1.82, 2.24) is 5.32 Å². The van der Waals surface area contributed by atoms with Crippen LogP contribution in [-0.4, -0.2) is 17.8 Å². The molecule has 1 aromatic rings. The van der Waals surface area contributed by atoms with E-state index in [2.05, 4.69) is 26.1 Å². The molecule has 1 aliphatic heterocycles. The normalized spacial score (nSPS) is 23.6. The first kappa shape index (κ1) is 18.1. The second-order valence-electron chi connectivity index (χ2n) is 8.21. The Hall–Kier alpha value is -1.66. The first-order valence-electron chi connectivity index (χ1n) is 9.10. The fraction of sp³-hybridized carbons (Fsp3) is 0.684. The molecule has 1 aliphatic carbocycles. The summed E-state index contributed by atoms with van der Waals surface area (Å²) in [7, 11) is 0. The topological polar surface area (TPSA) is 73.6 Å². The molecule has 1 saturated carbocycles. The molecule has 2 aliphatic rings. The molecule has 1 heterocycles. The Morgan fingerprint density at radius 3 is 2.76 bits per heavy atom. The highest BCUT2D eigenvalue weighted by Crippen LogP contribution is 2.39. The van der Waals surface area contributed by atoms with Gasteiger partial charge in [0, 0.05) is 35.8 Å². The molecule has 3 rings (SSSR count). The third-order valence-corrected chi connectivity index (χ3v) is 5.42. The zero-order valence-electron chi connectivity index (χ0n) is 15.3. The van der Waals surface area contributed by atoms with E-state index in [1.54, 1.807) is 12.1 Å². The minimum absolute atomic E-state index is 0.0978. The molecule has 6 nitrogen and oxygen atoms in total. The van der Waals surface area contributed by atoms with Gasteiger partial charge in [-0.05, 0) is 24.2 Å². The highest BCUT2D eigenvalue weighted by molar-refractivity contribution is 5.50. The van der Waals surface area contributed by atoms with E-state index in [1.165, 1.54) is 19.3 Å². The van der Waals surface area contributed by atoms with Crippen molar-refractivity contribution >= 4 is 5.69 Å². The van der Waals surface area contributed by atoms with Gasteiger partial charge >= 0.3 is 0 Å². The second kappa shape index (κ2) is 7.30. The van der Waals surface area contributed by atoms with Crippen molar-refractivity contribution in [1.29, 1.82) is 0 Å². The van der Waals surface area contributed by atoms with Crippen molar-refractivity contribution in [3.05, 3.63) is 33.4 Å². The van der Waals surface area contributed by atoms with E-state index in [0.29, 0.717) is 25.1 Å². The Bertz CT molecular complexity index is 639. The number of hydrogen-bond acceptors (Lipinski definition) is 5. The van der Waals surface area contributed by atoms with Gasteiger partial charge in [0.05, 0.1) is 11.5 Å². The average Bonchev–Trinajstić information content (AvgIpc) is 2.58. The molecule has 25 heavy (non-hydrogen) atoms. The van der Waals surface area contributed by atoms with Crippen LogP contribution in [0.4, 0.5) is 5.69 Å². The van der Waals surface area contributed by atoms with Gasteiger partial charge in [-0.3, -0.25) is 10.1 Å². The van der Waals surface area contributed by atoms with Crippen LogP contribution in [0.25, 0.3) is 0 Å². The van der Waals surface area contributed by atoms with Gasteiger partial charge in [-0.15, -0.1) is 0 Å². The SMILES string of the molecule is CC(C)(C)C1CCCCC1NCc1cc([N+](=O)[O-])cc2c1OCOC2. The third-order valence-electron chi connectivity index (χ3n) is 5.42. The maximum Gasteiger partial charge on any atom is 0.270 e. The van der Waals surface area contributed by atoms with Crippen LogP contribution < -0.4 is 10.1 Å². The lowest BCUT2D eigenvalue weighted by molar-refractivity contribution is -0.385. The van der Waals surface area contributed by atoms with Gasteiger partial charge in [-0.25, -0.2) is 0 Å². The number of fused-ring (bicyclic) bond motifs is 1. The van der Waals surface area contributed by atoms with E-state index < -0.39 is 0 Å². The smallest absolute Gasteiger partial charge is 0.270 e. The molecule has 6 heteroatoms. The van der Waals surface area contributed by atoms with Crippen LogP contribution in [-0.2, 0) is 17.9 Å². The lowest BCUT2D eigenvalue weighted by Gasteiger charge is -2.41. The van der Waals surface area contributed by atoms with E-state index in [-0.39, 0.29) is 22.8 Å². The Balaban J connectivity index is 1.80. The highest BCUT2D eigenvalue weighted by Gasteiger charge is 2.34. The number of ether oxygens (including phenoxy) is 2. The molecule has 1 N–H and O–H groups in total. The molecule has 2 atom stereocenters. The number of hydrogen-bond donors (Lipinski definition) is 1. The van der Waals surface area contributed by atoms with Crippen LogP contribution in [0.2, 0.25) is 0 Å². The number of benzene rings is 1. The van der Waals surface area contributed by atoms with Crippen molar-refractivity contribution in [3.8, 4) is 5.75 Å². The maximum atomic E-state index is 11.2. The minimum Gasteiger partial charge on any atom is -0.467 e. The summed E-state index contributed by atoms with van der Waals surface area (Å²) in [5, 5.41) is 14.9. The van der Waals surface area contributed by atoms with Gasteiger partial charge in [0.15, 0.2) is 6.79 Å². The molecule has 0 saturated heterocycles. The summed E-state index contributed by atoms with van der Waals surface area (Å²) in [5.74, 6) is 1.35. The maximum absolute atomic E-state index is 11.2. The van der Waals surface area contributed by atoms with Gasteiger partial charge in [0.25, 0.3) is 5.69 Å². The Kier molecular flexibility index (Phi) is 5.29. The summed E-state index contributed by atoms with van der Waals surface area (Å²) >= 11 is 0. The molecular weight excluding hydrogens is 320 g/mol.